The third-order valence-corrected chi connectivity index (χ3v) is 2.56. The van der Waals surface area contributed by atoms with Gasteiger partial charge in [0.25, 0.3) is 0 Å². The van der Waals surface area contributed by atoms with Crippen molar-refractivity contribution in [2.75, 3.05) is 31.2 Å². The summed E-state index contributed by atoms with van der Waals surface area (Å²) in [7, 11) is 0. The number of hydrogen-bond acceptors (Lipinski definition) is 4. The van der Waals surface area contributed by atoms with Crippen molar-refractivity contribution < 1.29 is 9.53 Å². The minimum atomic E-state index is 0.405. The number of rotatable bonds is 2. The Bertz CT molecular complexity index is 364. The molecule has 0 aliphatic carbocycles. The van der Waals surface area contributed by atoms with E-state index in [0.717, 1.165) is 25.1 Å². The van der Waals surface area contributed by atoms with Crippen LogP contribution in [0, 0.1) is 0 Å². The second kappa shape index (κ2) is 4.59. The number of aldehydes is 1. The largest absolute Gasteiger partial charge is 0.378 e. The molecule has 0 saturated carbocycles. The molecule has 5 heteroatoms. The molecule has 1 saturated heterocycles. The summed E-state index contributed by atoms with van der Waals surface area (Å²) in [6, 6.07) is 1.72. The predicted octanol–water partition coefficient (Wildman–Crippen LogP) is 1.38. The van der Waals surface area contributed by atoms with E-state index >= 15 is 0 Å². The summed E-state index contributed by atoms with van der Waals surface area (Å²) >= 11 is 5.81. The standard InChI is InChI=1S/C10H11ClN2O2/c11-10-5-9(8(7-14)6-12-10)13-1-3-15-4-2-13/h5-7H,1-4H2. The van der Waals surface area contributed by atoms with E-state index in [1.54, 1.807) is 6.07 Å². The number of morpholine rings is 1. The van der Waals surface area contributed by atoms with E-state index in [1.807, 2.05) is 0 Å². The molecule has 1 aromatic rings. The molecule has 0 unspecified atom stereocenters. The summed E-state index contributed by atoms with van der Waals surface area (Å²) in [5.41, 5.74) is 1.41. The lowest BCUT2D eigenvalue weighted by Crippen LogP contribution is -2.36. The van der Waals surface area contributed by atoms with Crippen LogP contribution in [0.4, 0.5) is 5.69 Å². The van der Waals surface area contributed by atoms with Crippen LogP contribution in [0.2, 0.25) is 5.15 Å². The molecule has 0 spiro atoms. The average Bonchev–Trinajstić information content (AvgIpc) is 2.30. The first-order valence-corrected chi connectivity index (χ1v) is 5.12. The Morgan fingerprint density at radius 1 is 1.47 bits per heavy atom. The van der Waals surface area contributed by atoms with E-state index in [9.17, 15) is 4.79 Å². The molecule has 1 aromatic heterocycles. The molecule has 0 radical (unpaired) electrons. The molecule has 0 atom stereocenters. The summed E-state index contributed by atoms with van der Waals surface area (Å²) < 4.78 is 5.25. The highest BCUT2D eigenvalue weighted by Crippen LogP contribution is 2.22. The summed E-state index contributed by atoms with van der Waals surface area (Å²) in [6.07, 6.45) is 2.30. The van der Waals surface area contributed by atoms with Gasteiger partial charge in [-0.25, -0.2) is 4.98 Å². The van der Waals surface area contributed by atoms with Gasteiger partial charge in [0.05, 0.1) is 24.5 Å². The number of aromatic nitrogens is 1. The van der Waals surface area contributed by atoms with Crippen LogP contribution in [-0.4, -0.2) is 37.6 Å². The smallest absolute Gasteiger partial charge is 0.153 e. The van der Waals surface area contributed by atoms with Crippen molar-refractivity contribution in [1.82, 2.24) is 4.98 Å². The van der Waals surface area contributed by atoms with E-state index in [1.165, 1.54) is 6.20 Å². The lowest BCUT2D eigenvalue weighted by Gasteiger charge is -2.29. The van der Waals surface area contributed by atoms with Crippen LogP contribution in [0.5, 0.6) is 0 Å². The van der Waals surface area contributed by atoms with Gasteiger partial charge >= 0.3 is 0 Å². The fraction of sp³-hybridized carbons (Fsp3) is 0.400. The Morgan fingerprint density at radius 2 is 2.20 bits per heavy atom. The number of pyridine rings is 1. The number of hydrogen-bond donors (Lipinski definition) is 0. The lowest BCUT2D eigenvalue weighted by molar-refractivity contribution is 0.111. The molecule has 0 bridgehead atoms. The number of anilines is 1. The zero-order chi connectivity index (χ0) is 10.7. The van der Waals surface area contributed by atoms with E-state index in [2.05, 4.69) is 9.88 Å². The summed E-state index contributed by atoms with van der Waals surface area (Å²) in [6.45, 7) is 2.92. The average molecular weight is 227 g/mol. The van der Waals surface area contributed by atoms with Gasteiger partial charge in [-0.2, -0.15) is 0 Å². The van der Waals surface area contributed by atoms with E-state index in [-0.39, 0.29) is 0 Å². The normalized spacial score (nSPS) is 16.5. The van der Waals surface area contributed by atoms with Gasteiger partial charge in [0, 0.05) is 19.3 Å². The number of halogens is 1. The molecule has 4 nitrogen and oxygen atoms in total. The van der Waals surface area contributed by atoms with Crippen LogP contribution in [0.3, 0.4) is 0 Å². The minimum absolute atomic E-state index is 0.405. The Morgan fingerprint density at radius 3 is 2.87 bits per heavy atom. The Balaban J connectivity index is 2.31. The van der Waals surface area contributed by atoms with Crippen molar-refractivity contribution in [3.8, 4) is 0 Å². The van der Waals surface area contributed by atoms with Gasteiger partial charge in [-0.15, -0.1) is 0 Å². The quantitative estimate of drug-likeness (QED) is 0.565. The molecule has 15 heavy (non-hydrogen) atoms. The topological polar surface area (TPSA) is 42.4 Å². The zero-order valence-corrected chi connectivity index (χ0v) is 8.91. The highest BCUT2D eigenvalue weighted by atomic mass is 35.5. The fourth-order valence-electron chi connectivity index (χ4n) is 1.60. The zero-order valence-electron chi connectivity index (χ0n) is 8.15. The molecule has 0 N–H and O–H groups in total. The molecule has 2 rings (SSSR count). The molecule has 80 valence electrons. The summed E-state index contributed by atoms with van der Waals surface area (Å²) in [5, 5.41) is 0.405. The van der Waals surface area contributed by atoms with Crippen LogP contribution >= 0.6 is 11.6 Å². The molecule has 1 fully saturated rings. The number of carbonyl (C=O) groups excluding carboxylic acids is 1. The van der Waals surface area contributed by atoms with Crippen LogP contribution < -0.4 is 4.90 Å². The molecule has 0 amide bonds. The molecule has 1 aliphatic heterocycles. The number of nitrogens with zero attached hydrogens (tertiary/aromatic N) is 2. The maximum Gasteiger partial charge on any atom is 0.153 e. The van der Waals surface area contributed by atoms with Gasteiger partial charge in [-0.05, 0) is 6.07 Å². The van der Waals surface area contributed by atoms with Crippen LogP contribution in [0.15, 0.2) is 12.3 Å². The van der Waals surface area contributed by atoms with Crippen molar-refractivity contribution in [2.45, 2.75) is 0 Å². The summed E-state index contributed by atoms with van der Waals surface area (Å²) in [5.74, 6) is 0. The van der Waals surface area contributed by atoms with Crippen molar-refractivity contribution in [3.63, 3.8) is 0 Å². The van der Waals surface area contributed by atoms with Crippen molar-refractivity contribution >= 4 is 23.6 Å². The fourth-order valence-corrected chi connectivity index (χ4v) is 1.75. The van der Waals surface area contributed by atoms with E-state index in [4.69, 9.17) is 16.3 Å². The molecule has 0 aromatic carbocycles. The van der Waals surface area contributed by atoms with E-state index in [0.29, 0.717) is 23.9 Å². The third kappa shape index (κ3) is 2.27. The monoisotopic (exact) mass is 226 g/mol. The highest BCUT2D eigenvalue weighted by Gasteiger charge is 2.15. The number of ether oxygens (including phenoxy) is 1. The Labute approximate surface area is 92.8 Å². The Kier molecular flexibility index (Phi) is 3.18. The second-order valence-electron chi connectivity index (χ2n) is 3.28. The van der Waals surface area contributed by atoms with Gasteiger partial charge in [0.15, 0.2) is 6.29 Å². The molecule has 1 aliphatic rings. The van der Waals surface area contributed by atoms with Crippen LogP contribution in [-0.2, 0) is 4.74 Å². The maximum absolute atomic E-state index is 10.8. The first-order valence-electron chi connectivity index (χ1n) is 4.74. The molecular weight excluding hydrogens is 216 g/mol. The van der Waals surface area contributed by atoms with Gasteiger partial charge in [-0.3, -0.25) is 4.79 Å². The molecule has 2 heterocycles. The van der Waals surface area contributed by atoms with Gasteiger partial charge in [0.2, 0.25) is 0 Å². The SMILES string of the molecule is O=Cc1cnc(Cl)cc1N1CCOCC1. The highest BCUT2D eigenvalue weighted by molar-refractivity contribution is 6.29. The van der Waals surface area contributed by atoms with Gasteiger partial charge in [0.1, 0.15) is 5.15 Å². The minimum Gasteiger partial charge on any atom is -0.378 e. The van der Waals surface area contributed by atoms with Crippen molar-refractivity contribution in [1.29, 1.82) is 0 Å². The second-order valence-corrected chi connectivity index (χ2v) is 3.67. The first kappa shape index (κ1) is 10.4. The van der Waals surface area contributed by atoms with E-state index < -0.39 is 0 Å². The predicted molar refractivity (Wildman–Crippen MR) is 57.7 cm³/mol. The van der Waals surface area contributed by atoms with Crippen LogP contribution in [0.1, 0.15) is 10.4 Å². The van der Waals surface area contributed by atoms with Crippen LogP contribution in [0.25, 0.3) is 0 Å². The lowest BCUT2D eigenvalue weighted by atomic mass is 10.2. The number of carbonyl (C=O) groups is 1. The Hall–Kier alpha value is -1.13. The third-order valence-electron chi connectivity index (χ3n) is 2.36. The maximum atomic E-state index is 10.8. The summed E-state index contributed by atoms with van der Waals surface area (Å²) in [4.78, 5) is 16.8. The van der Waals surface area contributed by atoms with Gasteiger partial charge < -0.3 is 9.64 Å². The van der Waals surface area contributed by atoms with Gasteiger partial charge in [-0.1, -0.05) is 11.6 Å². The van der Waals surface area contributed by atoms with Crippen molar-refractivity contribution in [3.05, 3.63) is 23.0 Å². The molecular formula is C10H11ClN2O2. The first-order chi connectivity index (χ1) is 7.31. The van der Waals surface area contributed by atoms with Crippen molar-refractivity contribution in [2.24, 2.45) is 0 Å².